The van der Waals surface area contributed by atoms with Crippen molar-refractivity contribution >= 4 is 5.91 Å². The molecule has 0 aliphatic carbocycles. The lowest BCUT2D eigenvalue weighted by Gasteiger charge is -2.25. The number of nitrogens with one attached hydrogen (secondary N) is 2. The molecule has 1 heterocycles. The van der Waals surface area contributed by atoms with Gasteiger partial charge in [-0.05, 0) is 54.5 Å². The number of amides is 1. The van der Waals surface area contributed by atoms with E-state index in [9.17, 15) is 4.79 Å². The average Bonchev–Trinajstić information content (AvgIpc) is 2.55. The molecule has 1 amide bonds. The zero-order valence-corrected chi connectivity index (χ0v) is 13.0. The van der Waals surface area contributed by atoms with Crippen molar-refractivity contribution in [1.82, 2.24) is 10.6 Å². The van der Waals surface area contributed by atoms with Gasteiger partial charge in [-0.1, -0.05) is 0 Å². The van der Waals surface area contributed by atoms with Crippen molar-refractivity contribution in [3.63, 3.8) is 0 Å². The van der Waals surface area contributed by atoms with Crippen LogP contribution in [0, 0.1) is 13.8 Å². The molecule has 0 saturated heterocycles. The fourth-order valence-corrected chi connectivity index (χ4v) is 2.10. The van der Waals surface area contributed by atoms with Crippen LogP contribution in [0.2, 0.25) is 0 Å². The van der Waals surface area contributed by atoms with E-state index in [0.717, 1.165) is 17.1 Å². The van der Waals surface area contributed by atoms with E-state index in [1.165, 1.54) is 0 Å². The fraction of sp³-hybridized carbons (Fsp3) is 0.667. The first kappa shape index (κ1) is 15.8. The number of furan rings is 1. The van der Waals surface area contributed by atoms with Gasteiger partial charge < -0.3 is 9.73 Å². The zero-order valence-electron chi connectivity index (χ0n) is 13.0. The highest BCUT2D eigenvalue weighted by Gasteiger charge is 2.22. The fourth-order valence-electron chi connectivity index (χ4n) is 2.10. The second-order valence-corrected chi connectivity index (χ2v) is 6.22. The van der Waals surface area contributed by atoms with Crippen LogP contribution >= 0.6 is 0 Å². The average molecular weight is 266 g/mol. The molecule has 2 unspecified atom stereocenters. The van der Waals surface area contributed by atoms with Gasteiger partial charge in [0.25, 0.3) is 0 Å². The molecule has 0 radical (unpaired) electrons. The molecular formula is C15H26N2O2. The van der Waals surface area contributed by atoms with Gasteiger partial charge in [-0.15, -0.1) is 0 Å². The van der Waals surface area contributed by atoms with Gasteiger partial charge in [-0.3, -0.25) is 10.1 Å². The maximum Gasteiger partial charge on any atom is 0.237 e. The number of hydrogen-bond acceptors (Lipinski definition) is 3. The third-order valence-corrected chi connectivity index (χ3v) is 2.94. The van der Waals surface area contributed by atoms with Crippen LogP contribution in [0.25, 0.3) is 0 Å². The van der Waals surface area contributed by atoms with Crippen molar-refractivity contribution in [2.45, 2.75) is 66.1 Å². The molecule has 1 rings (SSSR count). The standard InChI is InChI=1S/C15H26N2O2/c1-9-8-13(12(4)19-9)10(2)16-11(3)14(18)17-15(5,6)7/h8,10-11,16H,1-7H3,(H,17,18). The summed E-state index contributed by atoms with van der Waals surface area (Å²) in [7, 11) is 0. The Morgan fingerprint density at radius 2 is 1.84 bits per heavy atom. The third-order valence-electron chi connectivity index (χ3n) is 2.94. The number of hydrogen-bond donors (Lipinski definition) is 2. The topological polar surface area (TPSA) is 54.3 Å². The molecule has 0 saturated carbocycles. The predicted octanol–water partition coefficient (Wildman–Crippen LogP) is 2.85. The lowest BCUT2D eigenvalue weighted by atomic mass is 10.1. The van der Waals surface area contributed by atoms with Crippen LogP contribution in [0.4, 0.5) is 0 Å². The van der Waals surface area contributed by atoms with Crippen LogP contribution in [0.3, 0.4) is 0 Å². The highest BCUT2D eigenvalue weighted by Crippen LogP contribution is 2.21. The molecule has 0 aliphatic heterocycles. The number of carbonyl (C=O) groups is 1. The highest BCUT2D eigenvalue weighted by atomic mass is 16.3. The third kappa shape index (κ3) is 4.71. The van der Waals surface area contributed by atoms with Crippen LogP contribution in [0.5, 0.6) is 0 Å². The quantitative estimate of drug-likeness (QED) is 0.881. The Bertz CT molecular complexity index is 443. The largest absolute Gasteiger partial charge is 0.466 e. The van der Waals surface area contributed by atoms with Gasteiger partial charge in [0.15, 0.2) is 0 Å². The monoisotopic (exact) mass is 266 g/mol. The van der Waals surface area contributed by atoms with Crippen molar-refractivity contribution in [2.24, 2.45) is 0 Å². The lowest BCUT2D eigenvalue weighted by molar-refractivity contribution is -0.124. The molecule has 4 nitrogen and oxygen atoms in total. The smallest absolute Gasteiger partial charge is 0.237 e. The molecule has 4 heteroatoms. The van der Waals surface area contributed by atoms with Crippen molar-refractivity contribution in [3.8, 4) is 0 Å². The minimum Gasteiger partial charge on any atom is -0.466 e. The lowest BCUT2D eigenvalue weighted by Crippen LogP contribution is -2.50. The van der Waals surface area contributed by atoms with Gasteiger partial charge >= 0.3 is 0 Å². The minimum atomic E-state index is -0.246. The van der Waals surface area contributed by atoms with Crippen LogP contribution in [0.15, 0.2) is 10.5 Å². The Kier molecular flexibility index (Phi) is 4.80. The van der Waals surface area contributed by atoms with Gasteiger partial charge in [0.1, 0.15) is 11.5 Å². The van der Waals surface area contributed by atoms with Crippen LogP contribution in [-0.2, 0) is 4.79 Å². The van der Waals surface area contributed by atoms with Crippen molar-refractivity contribution < 1.29 is 9.21 Å². The van der Waals surface area contributed by atoms with E-state index in [0.29, 0.717) is 0 Å². The van der Waals surface area contributed by atoms with Crippen LogP contribution in [-0.4, -0.2) is 17.5 Å². The molecule has 1 aromatic rings. The second kappa shape index (κ2) is 5.78. The Balaban J connectivity index is 2.64. The maximum absolute atomic E-state index is 12.0. The maximum atomic E-state index is 12.0. The molecule has 0 aliphatic rings. The van der Waals surface area contributed by atoms with E-state index < -0.39 is 0 Å². The molecule has 2 atom stereocenters. The second-order valence-electron chi connectivity index (χ2n) is 6.22. The van der Waals surface area contributed by atoms with E-state index in [-0.39, 0.29) is 23.5 Å². The Morgan fingerprint density at radius 1 is 1.26 bits per heavy atom. The van der Waals surface area contributed by atoms with Gasteiger partial charge in [-0.25, -0.2) is 0 Å². The first-order valence-electron chi connectivity index (χ1n) is 6.75. The Hall–Kier alpha value is -1.29. The van der Waals surface area contributed by atoms with Crippen LogP contribution in [0.1, 0.15) is 57.7 Å². The van der Waals surface area contributed by atoms with Crippen molar-refractivity contribution in [3.05, 3.63) is 23.2 Å². The molecule has 1 aromatic heterocycles. The summed E-state index contributed by atoms with van der Waals surface area (Å²) in [6, 6.07) is 1.85. The van der Waals surface area contributed by atoms with Gasteiger partial charge in [0, 0.05) is 17.1 Å². The van der Waals surface area contributed by atoms with Gasteiger partial charge in [0.05, 0.1) is 6.04 Å². The van der Waals surface area contributed by atoms with E-state index in [1.807, 2.05) is 54.5 Å². The summed E-state index contributed by atoms with van der Waals surface area (Å²) in [5, 5.41) is 6.27. The van der Waals surface area contributed by atoms with Crippen molar-refractivity contribution in [2.75, 3.05) is 0 Å². The summed E-state index contributed by atoms with van der Waals surface area (Å²) in [6.45, 7) is 13.7. The van der Waals surface area contributed by atoms with E-state index in [4.69, 9.17) is 4.42 Å². The molecule has 108 valence electrons. The summed E-state index contributed by atoms with van der Waals surface area (Å²) >= 11 is 0. The van der Waals surface area contributed by atoms with Crippen LogP contribution < -0.4 is 10.6 Å². The zero-order chi connectivity index (χ0) is 14.8. The summed E-state index contributed by atoms with van der Waals surface area (Å²) in [6.07, 6.45) is 0. The first-order chi connectivity index (χ1) is 8.60. The molecule has 0 spiro atoms. The normalized spacial score (nSPS) is 15.1. The Labute approximate surface area is 116 Å². The minimum absolute atomic E-state index is 0.0113. The summed E-state index contributed by atoms with van der Waals surface area (Å²) in [4.78, 5) is 12.0. The predicted molar refractivity (Wildman–Crippen MR) is 77.1 cm³/mol. The van der Waals surface area contributed by atoms with E-state index >= 15 is 0 Å². The van der Waals surface area contributed by atoms with Crippen molar-refractivity contribution in [1.29, 1.82) is 0 Å². The number of aryl methyl sites for hydroxylation is 2. The summed E-state index contributed by atoms with van der Waals surface area (Å²) in [5.74, 6) is 1.81. The SMILES string of the molecule is Cc1cc(C(C)NC(C)C(=O)NC(C)(C)C)c(C)o1. The van der Waals surface area contributed by atoms with E-state index in [1.54, 1.807) is 0 Å². The van der Waals surface area contributed by atoms with Gasteiger partial charge in [-0.2, -0.15) is 0 Å². The summed E-state index contributed by atoms with van der Waals surface area (Å²) < 4.78 is 5.52. The number of rotatable bonds is 4. The van der Waals surface area contributed by atoms with Gasteiger partial charge in [0.2, 0.25) is 5.91 Å². The molecule has 0 fully saturated rings. The molecule has 2 N–H and O–H groups in total. The number of carbonyl (C=O) groups excluding carboxylic acids is 1. The molecule has 0 aromatic carbocycles. The highest BCUT2D eigenvalue weighted by molar-refractivity contribution is 5.82. The molecule has 0 bridgehead atoms. The van der Waals surface area contributed by atoms with E-state index in [2.05, 4.69) is 10.6 Å². The Morgan fingerprint density at radius 3 is 2.26 bits per heavy atom. The summed E-state index contributed by atoms with van der Waals surface area (Å²) in [5.41, 5.74) is 0.895. The molecular weight excluding hydrogens is 240 g/mol. The first-order valence-corrected chi connectivity index (χ1v) is 6.75. The molecule has 19 heavy (non-hydrogen) atoms.